The molecule has 2 amide bonds. The van der Waals surface area contributed by atoms with Gasteiger partial charge in [0.25, 0.3) is 5.91 Å². The van der Waals surface area contributed by atoms with Crippen LogP contribution in [0.1, 0.15) is 34.1 Å². The maximum absolute atomic E-state index is 13.7. The van der Waals surface area contributed by atoms with Gasteiger partial charge in [0.2, 0.25) is 5.91 Å². The molecule has 2 aliphatic rings. The van der Waals surface area contributed by atoms with Crippen LogP contribution in [0.2, 0.25) is 0 Å². The number of hydrogen-bond acceptors (Lipinski definition) is 5. The van der Waals surface area contributed by atoms with Crippen molar-refractivity contribution in [3.05, 3.63) is 78.0 Å². The highest BCUT2D eigenvalue weighted by atomic mass is 16.2. The third-order valence-electron chi connectivity index (χ3n) is 6.38. The maximum atomic E-state index is 13.7. The highest BCUT2D eigenvalue weighted by molar-refractivity contribution is 6.08. The molecule has 0 radical (unpaired) electrons. The highest BCUT2D eigenvalue weighted by Gasteiger charge is 2.59. The summed E-state index contributed by atoms with van der Waals surface area (Å²) in [6.45, 7) is 0.431. The van der Waals surface area contributed by atoms with Crippen molar-refractivity contribution in [3.8, 4) is 0 Å². The lowest BCUT2D eigenvalue weighted by atomic mass is 9.73. The van der Waals surface area contributed by atoms with Crippen molar-refractivity contribution in [2.45, 2.75) is 17.9 Å². The number of rotatable bonds is 2. The van der Waals surface area contributed by atoms with Gasteiger partial charge in [-0.05, 0) is 30.2 Å². The molecule has 1 aromatic carbocycles. The van der Waals surface area contributed by atoms with Crippen LogP contribution < -0.4 is 5.32 Å². The zero-order valence-corrected chi connectivity index (χ0v) is 16.8. The van der Waals surface area contributed by atoms with Crippen LogP contribution in [0.25, 0.3) is 5.65 Å². The van der Waals surface area contributed by atoms with Crippen molar-refractivity contribution in [2.75, 3.05) is 11.9 Å². The number of carbonyl (C=O) groups excluding carboxylic acids is 2. The van der Waals surface area contributed by atoms with E-state index in [4.69, 9.17) is 0 Å². The summed E-state index contributed by atoms with van der Waals surface area (Å²) < 4.78 is 3.23. The van der Waals surface area contributed by atoms with Crippen molar-refractivity contribution in [1.29, 1.82) is 0 Å². The van der Waals surface area contributed by atoms with Crippen LogP contribution in [0, 0.1) is 0 Å². The quantitative estimate of drug-likeness (QED) is 0.542. The minimum Gasteiger partial charge on any atom is -0.329 e. The van der Waals surface area contributed by atoms with E-state index in [1.807, 2.05) is 37.5 Å². The zero-order chi connectivity index (χ0) is 21.2. The van der Waals surface area contributed by atoms with E-state index in [-0.39, 0.29) is 11.8 Å². The molecule has 1 saturated heterocycles. The smallest absolute Gasteiger partial charge is 0.274 e. The minimum atomic E-state index is -0.872. The number of fused-ring (bicyclic) bond motifs is 3. The van der Waals surface area contributed by atoms with Crippen molar-refractivity contribution < 1.29 is 9.59 Å². The Morgan fingerprint density at radius 3 is 2.87 bits per heavy atom. The van der Waals surface area contributed by atoms with E-state index in [1.54, 1.807) is 40.3 Å². The number of hydrogen-bond donors (Lipinski definition) is 1. The fourth-order valence-electron chi connectivity index (χ4n) is 5.07. The normalized spacial score (nSPS) is 22.3. The van der Waals surface area contributed by atoms with Crippen molar-refractivity contribution in [1.82, 2.24) is 29.3 Å². The molecule has 0 bridgehead atoms. The predicted molar refractivity (Wildman–Crippen MR) is 111 cm³/mol. The van der Waals surface area contributed by atoms with Gasteiger partial charge in [0, 0.05) is 37.2 Å². The summed E-state index contributed by atoms with van der Waals surface area (Å²) in [6, 6.07) is 10.8. The largest absolute Gasteiger partial charge is 0.329 e. The monoisotopic (exact) mass is 413 g/mol. The molecule has 154 valence electrons. The van der Waals surface area contributed by atoms with E-state index in [0.29, 0.717) is 24.3 Å². The maximum Gasteiger partial charge on any atom is 0.274 e. The Morgan fingerprint density at radius 1 is 1.16 bits per heavy atom. The number of likely N-dealkylation sites (tertiary alicyclic amines) is 1. The minimum absolute atomic E-state index is 0.0888. The average Bonchev–Trinajstić information content (AvgIpc) is 3.54. The molecule has 3 aromatic heterocycles. The lowest BCUT2D eigenvalue weighted by molar-refractivity contribution is -0.121. The molecule has 9 heteroatoms. The van der Waals surface area contributed by atoms with Crippen LogP contribution in [-0.2, 0) is 17.3 Å². The summed E-state index contributed by atoms with van der Waals surface area (Å²) in [7, 11) is 1.83. The fraction of sp³-hybridized carbons (Fsp3) is 0.227. The molecule has 1 fully saturated rings. The summed E-state index contributed by atoms with van der Waals surface area (Å²) in [4.78, 5) is 33.2. The summed E-state index contributed by atoms with van der Waals surface area (Å²) in [5, 5.41) is 11.6. The molecule has 4 aromatic rings. The van der Waals surface area contributed by atoms with Crippen molar-refractivity contribution in [3.63, 3.8) is 0 Å². The zero-order valence-electron chi connectivity index (χ0n) is 16.8. The van der Waals surface area contributed by atoms with Gasteiger partial charge >= 0.3 is 0 Å². The van der Waals surface area contributed by atoms with Crippen LogP contribution in [0.3, 0.4) is 0 Å². The molecule has 1 spiro atoms. The van der Waals surface area contributed by atoms with Gasteiger partial charge in [0.1, 0.15) is 5.41 Å². The number of amides is 2. The Kier molecular flexibility index (Phi) is 3.59. The van der Waals surface area contributed by atoms with Gasteiger partial charge in [-0.15, -0.1) is 0 Å². The fourth-order valence-corrected chi connectivity index (χ4v) is 5.07. The Bertz CT molecular complexity index is 1360. The molecular formula is C22H19N7O2. The number of anilines is 1. The number of aromatic nitrogens is 5. The average molecular weight is 413 g/mol. The second-order valence-corrected chi connectivity index (χ2v) is 8.01. The molecular weight excluding hydrogens is 394 g/mol. The standard InChI is InChI=1S/C22H19N7O2/c1-27-13-14(11-25-27)19-22(15-5-2-3-6-16(15)26-21(22)31)8-10-28(19)20(30)17-12-23-18-7-4-9-24-29(17)18/h2-7,9,11-13,19H,8,10H2,1H3,(H,26,31)/t19-,22+/m0/s1. The van der Waals surface area contributed by atoms with Gasteiger partial charge in [-0.2, -0.15) is 10.2 Å². The SMILES string of the molecule is Cn1cc([C@@H]2N(C(=O)c3cnc4cccnn34)CC[C@]23C(=O)Nc2ccccc23)cn1. The lowest BCUT2D eigenvalue weighted by Crippen LogP contribution is -2.42. The second-order valence-electron chi connectivity index (χ2n) is 8.01. The molecule has 0 unspecified atom stereocenters. The molecule has 6 rings (SSSR count). The molecule has 2 aliphatic heterocycles. The predicted octanol–water partition coefficient (Wildman–Crippen LogP) is 1.94. The van der Waals surface area contributed by atoms with Gasteiger partial charge in [-0.1, -0.05) is 18.2 Å². The topological polar surface area (TPSA) is 97.4 Å². The third-order valence-corrected chi connectivity index (χ3v) is 6.38. The van der Waals surface area contributed by atoms with E-state index in [1.165, 1.54) is 4.52 Å². The van der Waals surface area contributed by atoms with Gasteiger partial charge in [-0.25, -0.2) is 9.50 Å². The van der Waals surface area contributed by atoms with Crippen LogP contribution in [-0.4, -0.2) is 47.6 Å². The number of aryl methyl sites for hydroxylation is 1. The molecule has 9 nitrogen and oxygen atoms in total. The first-order valence-electron chi connectivity index (χ1n) is 10.1. The van der Waals surface area contributed by atoms with E-state index < -0.39 is 11.5 Å². The molecule has 0 saturated carbocycles. The summed E-state index contributed by atoms with van der Waals surface area (Å²) in [6.07, 6.45) is 7.29. The molecule has 2 atom stereocenters. The van der Waals surface area contributed by atoms with Crippen LogP contribution in [0.5, 0.6) is 0 Å². The van der Waals surface area contributed by atoms with Crippen molar-refractivity contribution >= 4 is 23.1 Å². The Morgan fingerprint density at radius 2 is 2.03 bits per heavy atom. The molecule has 5 heterocycles. The van der Waals surface area contributed by atoms with Crippen LogP contribution >= 0.6 is 0 Å². The number of para-hydroxylation sites is 1. The number of benzene rings is 1. The van der Waals surface area contributed by atoms with Gasteiger partial charge in [-0.3, -0.25) is 14.3 Å². The number of carbonyl (C=O) groups is 2. The highest BCUT2D eigenvalue weighted by Crippen LogP contribution is 2.54. The first-order chi connectivity index (χ1) is 15.1. The molecule has 0 aliphatic carbocycles. The summed E-state index contributed by atoms with van der Waals surface area (Å²) in [5.74, 6) is -0.303. The van der Waals surface area contributed by atoms with Crippen LogP contribution in [0.4, 0.5) is 5.69 Å². The summed E-state index contributed by atoms with van der Waals surface area (Å²) >= 11 is 0. The van der Waals surface area contributed by atoms with Gasteiger partial charge in [0.15, 0.2) is 11.3 Å². The number of imidazole rings is 1. The van der Waals surface area contributed by atoms with Crippen LogP contribution in [0.15, 0.2) is 61.2 Å². The Hall–Kier alpha value is -4.01. The Balaban J connectivity index is 1.52. The first kappa shape index (κ1) is 17.8. The second kappa shape index (κ2) is 6.24. The van der Waals surface area contributed by atoms with Gasteiger partial charge in [0.05, 0.1) is 18.4 Å². The van der Waals surface area contributed by atoms with Gasteiger partial charge < -0.3 is 10.2 Å². The lowest BCUT2D eigenvalue weighted by Gasteiger charge is -2.33. The molecule has 1 N–H and O–H groups in total. The number of nitrogens with one attached hydrogen (secondary N) is 1. The van der Waals surface area contributed by atoms with E-state index in [0.717, 1.165) is 16.8 Å². The Labute approximate surface area is 177 Å². The number of nitrogens with zero attached hydrogens (tertiary/aromatic N) is 6. The molecule has 31 heavy (non-hydrogen) atoms. The van der Waals surface area contributed by atoms with E-state index in [2.05, 4.69) is 20.5 Å². The van der Waals surface area contributed by atoms with E-state index in [9.17, 15) is 9.59 Å². The third kappa shape index (κ3) is 2.34. The first-order valence-corrected chi connectivity index (χ1v) is 10.1. The summed E-state index contributed by atoms with van der Waals surface area (Å²) in [5.41, 5.74) is 2.63. The van der Waals surface area contributed by atoms with E-state index >= 15 is 0 Å². The van der Waals surface area contributed by atoms with Crippen molar-refractivity contribution in [2.24, 2.45) is 7.05 Å².